The summed E-state index contributed by atoms with van der Waals surface area (Å²) in [5.41, 5.74) is -0.350. The second-order valence-corrected chi connectivity index (χ2v) is 6.94. The molecule has 4 aliphatic rings. The van der Waals surface area contributed by atoms with Gasteiger partial charge in [0.15, 0.2) is 0 Å². The van der Waals surface area contributed by atoms with Gasteiger partial charge in [-0.25, -0.2) is 0 Å². The summed E-state index contributed by atoms with van der Waals surface area (Å²) < 4.78 is 0. The van der Waals surface area contributed by atoms with Crippen molar-refractivity contribution >= 4 is 0 Å². The first kappa shape index (κ1) is 10.1. The van der Waals surface area contributed by atoms with Gasteiger partial charge >= 0.3 is 0 Å². The Hall–Kier alpha value is -0.120. The molecule has 0 spiro atoms. The van der Waals surface area contributed by atoms with Crippen molar-refractivity contribution in [3.05, 3.63) is 0 Å². The fourth-order valence-corrected chi connectivity index (χ4v) is 4.99. The van der Waals surface area contributed by atoms with E-state index in [2.05, 4.69) is 18.7 Å². The summed E-state index contributed by atoms with van der Waals surface area (Å²) in [6.45, 7) is 9.22. The van der Waals surface area contributed by atoms with Crippen molar-refractivity contribution in [2.75, 3.05) is 19.6 Å². The normalized spacial score (nSPS) is 67.4. The zero-order valence-electron chi connectivity index (χ0n) is 9.82. The maximum Gasteiger partial charge on any atom is 0.0696 e. The van der Waals surface area contributed by atoms with Gasteiger partial charge in [0.2, 0.25) is 0 Å². The van der Waals surface area contributed by atoms with E-state index in [1.807, 2.05) is 6.92 Å². The molecule has 2 N–H and O–H groups in total. The van der Waals surface area contributed by atoms with Crippen LogP contribution in [0, 0.1) is 16.2 Å². The molecular weight excluding hydrogens is 190 g/mol. The van der Waals surface area contributed by atoms with Crippen molar-refractivity contribution in [3.8, 4) is 0 Å². The van der Waals surface area contributed by atoms with Crippen LogP contribution >= 0.6 is 0 Å². The van der Waals surface area contributed by atoms with Gasteiger partial charge in [-0.3, -0.25) is 0 Å². The van der Waals surface area contributed by atoms with Gasteiger partial charge in [0.05, 0.1) is 12.2 Å². The predicted molar refractivity (Wildman–Crippen MR) is 57.4 cm³/mol. The highest BCUT2D eigenvalue weighted by molar-refractivity contribution is 5.18. The van der Waals surface area contributed by atoms with Crippen molar-refractivity contribution in [1.82, 2.24) is 4.90 Å². The van der Waals surface area contributed by atoms with Crippen LogP contribution in [0.2, 0.25) is 0 Å². The largest absolute Gasteiger partial charge is 0.392 e. The molecule has 1 unspecified atom stereocenters. The van der Waals surface area contributed by atoms with Crippen LogP contribution in [0.4, 0.5) is 0 Å². The number of piperidine rings is 3. The maximum absolute atomic E-state index is 10.4. The van der Waals surface area contributed by atoms with Gasteiger partial charge in [-0.05, 0) is 6.42 Å². The van der Waals surface area contributed by atoms with Gasteiger partial charge in [0.1, 0.15) is 0 Å². The number of aliphatic hydroxyl groups is 2. The smallest absolute Gasteiger partial charge is 0.0696 e. The van der Waals surface area contributed by atoms with Crippen molar-refractivity contribution in [3.63, 3.8) is 0 Å². The molecule has 86 valence electrons. The lowest BCUT2D eigenvalue weighted by molar-refractivity contribution is -0.284. The zero-order chi connectivity index (χ0) is 11.1. The fraction of sp³-hybridized carbons (Fsp3) is 1.00. The van der Waals surface area contributed by atoms with E-state index in [0.717, 1.165) is 26.1 Å². The molecule has 15 heavy (non-hydrogen) atoms. The minimum absolute atomic E-state index is 0.0147. The molecule has 0 aromatic carbocycles. The molecule has 3 nitrogen and oxygen atoms in total. The van der Waals surface area contributed by atoms with E-state index in [0.29, 0.717) is 0 Å². The molecule has 4 fully saturated rings. The van der Waals surface area contributed by atoms with Crippen molar-refractivity contribution in [1.29, 1.82) is 0 Å². The van der Waals surface area contributed by atoms with Crippen LogP contribution in [0.25, 0.3) is 0 Å². The Bertz CT molecular complexity index is 295. The Morgan fingerprint density at radius 3 is 1.87 bits per heavy atom. The number of hydrogen-bond donors (Lipinski definition) is 2. The van der Waals surface area contributed by atoms with Crippen LogP contribution in [0.5, 0.6) is 0 Å². The standard InChI is InChI=1S/C12H21NO2/c1-10-4-11(2)6-13(5-10)7-12(3,8(10)14)9(11)15/h8-9,14-15H,4-7H2,1-3H3/t8-,9-,10-,11+,12-/m1/s1. The summed E-state index contributed by atoms with van der Waals surface area (Å²) >= 11 is 0. The summed E-state index contributed by atoms with van der Waals surface area (Å²) in [6.07, 6.45) is 0.239. The Morgan fingerprint density at radius 2 is 1.40 bits per heavy atom. The van der Waals surface area contributed by atoms with Crippen molar-refractivity contribution in [2.24, 2.45) is 16.2 Å². The van der Waals surface area contributed by atoms with Gasteiger partial charge < -0.3 is 15.1 Å². The summed E-state index contributed by atoms with van der Waals surface area (Å²) in [4.78, 5) is 2.42. The number of aliphatic hydroxyl groups excluding tert-OH is 2. The molecule has 1 saturated carbocycles. The van der Waals surface area contributed by atoms with E-state index in [9.17, 15) is 10.2 Å². The second-order valence-electron chi connectivity index (χ2n) is 6.94. The Balaban J connectivity index is 2.12. The molecule has 3 saturated heterocycles. The molecule has 6 atom stereocenters. The summed E-state index contributed by atoms with van der Waals surface area (Å²) in [6, 6.07) is 0. The molecule has 4 bridgehead atoms. The van der Waals surface area contributed by atoms with E-state index in [1.165, 1.54) is 0 Å². The molecule has 3 aliphatic heterocycles. The first-order chi connectivity index (χ1) is 6.80. The van der Waals surface area contributed by atoms with Crippen LogP contribution in [0.3, 0.4) is 0 Å². The average molecular weight is 211 g/mol. The first-order valence-corrected chi connectivity index (χ1v) is 5.89. The van der Waals surface area contributed by atoms with E-state index in [4.69, 9.17) is 0 Å². The third kappa shape index (κ3) is 0.973. The van der Waals surface area contributed by atoms with Crippen LogP contribution in [-0.4, -0.2) is 47.0 Å². The first-order valence-electron chi connectivity index (χ1n) is 5.89. The molecular formula is C12H21NO2. The predicted octanol–water partition coefficient (Wildman–Crippen LogP) is 0.460. The summed E-state index contributed by atoms with van der Waals surface area (Å²) in [5.74, 6) is 0. The molecule has 0 amide bonds. The molecule has 0 aromatic heterocycles. The lowest BCUT2D eigenvalue weighted by atomic mass is 9.46. The maximum atomic E-state index is 10.4. The fourth-order valence-electron chi connectivity index (χ4n) is 4.99. The third-order valence-electron chi connectivity index (χ3n) is 5.11. The quantitative estimate of drug-likeness (QED) is 0.612. The highest BCUT2D eigenvalue weighted by Crippen LogP contribution is 2.61. The third-order valence-corrected chi connectivity index (χ3v) is 5.11. The molecule has 1 aliphatic carbocycles. The van der Waals surface area contributed by atoms with E-state index in [1.54, 1.807) is 0 Å². The minimum Gasteiger partial charge on any atom is -0.392 e. The van der Waals surface area contributed by atoms with Crippen molar-refractivity contribution in [2.45, 2.75) is 39.4 Å². The van der Waals surface area contributed by atoms with Gasteiger partial charge in [-0.1, -0.05) is 20.8 Å². The van der Waals surface area contributed by atoms with Crippen molar-refractivity contribution < 1.29 is 10.2 Å². The number of hydrogen-bond acceptors (Lipinski definition) is 3. The molecule has 3 heterocycles. The van der Waals surface area contributed by atoms with E-state index < -0.39 is 0 Å². The molecule has 0 radical (unpaired) electrons. The topological polar surface area (TPSA) is 43.7 Å². The van der Waals surface area contributed by atoms with Gasteiger partial charge in [0.25, 0.3) is 0 Å². The summed E-state index contributed by atoms with van der Waals surface area (Å²) in [5, 5.41) is 20.9. The Morgan fingerprint density at radius 1 is 0.933 bits per heavy atom. The molecule has 4 rings (SSSR count). The van der Waals surface area contributed by atoms with Crippen LogP contribution in [-0.2, 0) is 0 Å². The van der Waals surface area contributed by atoms with Gasteiger partial charge in [0, 0.05) is 35.9 Å². The summed E-state index contributed by atoms with van der Waals surface area (Å²) in [7, 11) is 0. The molecule has 0 aromatic rings. The average Bonchev–Trinajstić information content (AvgIpc) is 2.10. The van der Waals surface area contributed by atoms with Gasteiger partial charge in [-0.15, -0.1) is 0 Å². The van der Waals surface area contributed by atoms with Crippen LogP contribution < -0.4 is 0 Å². The lowest BCUT2D eigenvalue weighted by Crippen LogP contribution is -2.77. The highest BCUT2D eigenvalue weighted by Gasteiger charge is 2.67. The SMILES string of the molecule is C[C@]12CN3C[C@](C)(C1)[C@@H](O)[C@](C)(C3)[C@@H]2O. The van der Waals surface area contributed by atoms with E-state index >= 15 is 0 Å². The molecule has 3 heteroatoms. The van der Waals surface area contributed by atoms with Gasteiger partial charge in [-0.2, -0.15) is 0 Å². The highest BCUT2D eigenvalue weighted by atomic mass is 16.3. The monoisotopic (exact) mass is 211 g/mol. The second kappa shape index (κ2) is 2.41. The van der Waals surface area contributed by atoms with Crippen LogP contribution in [0.1, 0.15) is 27.2 Å². The lowest BCUT2D eigenvalue weighted by Gasteiger charge is -2.69. The Kier molecular flexibility index (Phi) is 1.62. The van der Waals surface area contributed by atoms with Crippen LogP contribution in [0.15, 0.2) is 0 Å². The Labute approximate surface area is 91.1 Å². The minimum atomic E-state index is -0.357. The van der Waals surface area contributed by atoms with E-state index in [-0.39, 0.29) is 28.5 Å². The number of rotatable bonds is 0. The zero-order valence-corrected chi connectivity index (χ0v) is 9.82. The number of nitrogens with zero attached hydrogens (tertiary/aromatic N) is 1.